The summed E-state index contributed by atoms with van der Waals surface area (Å²) in [6, 6.07) is 8.33. The summed E-state index contributed by atoms with van der Waals surface area (Å²) in [4.78, 5) is 18.4. The zero-order valence-electron chi connectivity index (χ0n) is 14.9. The van der Waals surface area contributed by atoms with Gasteiger partial charge in [-0.3, -0.25) is 4.79 Å². The molecule has 2 heterocycles. The van der Waals surface area contributed by atoms with Crippen LogP contribution in [0.15, 0.2) is 60.3 Å². The predicted molar refractivity (Wildman–Crippen MR) is 113 cm³/mol. The van der Waals surface area contributed by atoms with Crippen LogP contribution in [0.25, 0.3) is 11.0 Å². The van der Waals surface area contributed by atoms with Crippen LogP contribution in [-0.2, 0) is 10.0 Å². The quantitative estimate of drug-likeness (QED) is 0.402. The van der Waals surface area contributed by atoms with Crippen LogP contribution >= 0.6 is 22.6 Å². The fourth-order valence-corrected chi connectivity index (χ4v) is 4.85. The zero-order chi connectivity index (χ0) is 19.8. The van der Waals surface area contributed by atoms with Crippen LogP contribution in [0.5, 0.6) is 0 Å². The number of aryl methyl sites for hydroxylation is 1. The molecule has 0 bridgehead atoms. The Hall–Kier alpha value is -2.20. The third kappa shape index (κ3) is 3.63. The van der Waals surface area contributed by atoms with Crippen molar-refractivity contribution in [2.75, 3.05) is 13.6 Å². The second-order valence-electron chi connectivity index (χ2n) is 6.16. The number of benzene rings is 1. The highest BCUT2D eigenvalue weighted by atomic mass is 127. The summed E-state index contributed by atoms with van der Waals surface area (Å²) in [6.07, 6.45) is 4.56. The summed E-state index contributed by atoms with van der Waals surface area (Å²) in [5, 5.41) is 0.615. The molecule has 8 heteroatoms. The van der Waals surface area contributed by atoms with Crippen LogP contribution in [-0.4, -0.2) is 41.8 Å². The number of hydrogen-bond acceptors (Lipinski definition) is 4. The van der Waals surface area contributed by atoms with Crippen molar-refractivity contribution in [1.82, 2.24) is 13.9 Å². The van der Waals surface area contributed by atoms with Crippen molar-refractivity contribution in [3.63, 3.8) is 0 Å². The molecule has 6 nitrogen and oxygen atoms in total. The molecule has 1 aromatic carbocycles. The highest BCUT2D eigenvalue weighted by Crippen LogP contribution is 2.27. The average Bonchev–Trinajstić information content (AvgIpc) is 2.98. The molecule has 2 aromatic heterocycles. The monoisotopic (exact) mass is 495 g/mol. The first kappa shape index (κ1) is 19.6. The summed E-state index contributed by atoms with van der Waals surface area (Å²) >= 11 is 2.05. The van der Waals surface area contributed by atoms with Crippen LogP contribution in [0.2, 0.25) is 0 Å². The summed E-state index contributed by atoms with van der Waals surface area (Å²) < 4.78 is 27.9. The molecule has 3 aromatic rings. The average molecular weight is 495 g/mol. The van der Waals surface area contributed by atoms with Gasteiger partial charge in [-0.25, -0.2) is 17.4 Å². The van der Waals surface area contributed by atoms with Gasteiger partial charge < -0.3 is 4.90 Å². The van der Waals surface area contributed by atoms with Gasteiger partial charge in [0.15, 0.2) is 5.65 Å². The summed E-state index contributed by atoms with van der Waals surface area (Å²) in [5.74, 6) is -0.200. The van der Waals surface area contributed by atoms with Crippen LogP contribution in [0.3, 0.4) is 0 Å². The Balaban J connectivity index is 2.10. The van der Waals surface area contributed by atoms with Gasteiger partial charge in [-0.1, -0.05) is 23.8 Å². The van der Waals surface area contributed by atoms with Crippen molar-refractivity contribution in [3.8, 4) is 0 Å². The first-order valence-corrected chi connectivity index (χ1v) is 10.6. The van der Waals surface area contributed by atoms with E-state index in [0.717, 1.165) is 9.54 Å². The summed E-state index contributed by atoms with van der Waals surface area (Å²) in [6.45, 7) is 5.93. The summed E-state index contributed by atoms with van der Waals surface area (Å²) in [5.41, 5.74) is 1.67. The van der Waals surface area contributed by atoms with Gasteiger partial charge in [0, 0.05) is 34.9 Å². The normalized spacial score (nSPS) is 11.5. The molecular formula is C19H18IN3O3S. The Labute approximate surface area is 171 Å². The number of amides is 1. The minimum Gasteiger partial charge on any atom is -0.338 e. The number of fused-ring (bicyclic) bond motifs is 1. The second kappa shape index (κ2) is 7.43. The van der Waals surface area contributed by atoms with Gasteiger partial charge in [0.05, 0.1) is 10.5 Å². The molecule has 0 N–H and O–H groups in total. The van der Waals surface area contributed by atoms with Crippen LogP contribution in [0.4, 0.5) is 0 Å². The van der Waals surface area contributed by atoms with Gasteiger partial charge in [0.25, 0.3) is 15.9 Å². The molecule has 0 saturated heterocycles. The lowest BCUT2D eigenvalue weighted by Gasteiger charge is -2.14. The van der Waals surface area contributed by atoms with Crippen molar-refractivity contribution in [3.05, 3.63) is 70.1 Å². The number of carbonyl (C=O) groups is 1. The molecule has 0 aliphatic heterocycles. The molecule has 27 heavy (non-hydrogen) atoms. The van der Waals surface area contributed by atoms with Crippen molar-refractivity contribution >= 4 is 49.6 Å². The first-order valence-electron chi connectivity index (χ1n) is 8.11. The van der Waals surface area contributed by atoms with E-state index in [0.29, 0.717) is 26.7 Å². The van der Waals surface area contributed by atoms with E-state index in [1.807, 2.05) is 6.92 Å². The first-order chi connectivity index (χ1) is 12.8. The number of aromatic nitrogens is 2. The van der Waals surface area contributed by atoms with E-state index in [9.17, 15) is 13.2 Å². The minimum absolute atomic E-state index is 0.189. The number of rotatable bonds is 5. The zero-order valence-corrected chi connectivity index (χ0v) is 17.9. The molecule has 0 saturated carbocycles. The smallest absolute Gasteiger partial charge is 0.269 e. The largest absolute Gasteiger partial charge is 0.338 e. The van der Waals surface area contributed by atoms with E-state index >= 15 is 0 Å². The van der Waals surface area contributed by atoms with Crippen LogP contribution in [0.1, 0.15) is 15.9 Å². The Morgan fingerprint density at radius 1 is 1.33 bits per heavy atom. The van der Waals surface area contributed by atoms with Gasteiger partial charge in [-0.2, -0.15) is 0 Å². The van der Waals surface area contributed by atoms with Gasteiger partial charge in [0.1, 0.15) is 0 Å². The van der Waals surface area contributed by atoms with Gasteiger partial charge in [-0.05, 0) is 47.7 Å². The third-order valence-electron chi connectivity index (χ3n) is 4.14. The Kier molecular flexibility index (Phi) is 5.38. The molecule has 140 valence electrons. The Morgan fingerprint density at radius 3 is 2.63 bits per heavy atom. The number of nitrogens with zero attached hydrogens (tertiary/aromatic N) is 3. The van der Waals surface area contributed by atoms with Gasteiger partial charge in [0.2, 0.25) is 0 Å². The lowest BCUT2D eigenvalue weighted by molar-refractivity contribution is 0.0810. The molecule has 0 radical (unpaired) electrons. The van der Waals surface area contributed by atoms with Gasteiger partial charge >= 0.3 is 0 Å². The standard InChI is InChI=1S/C19H18IN3O3S/c1-4-9-22(3)19(24)14-10-16-17(20)12-23(18(16)21-11-14)27(25,26)15-7-5-13(2)6-8-15/h4-8,10-12H,1,9H2,2-3H3. The van der Waals surface area contributed by atoms with Crippen molar-refractivity contribution in [2.45, 2.75) is 11.8 Å². The van der Waals surface area contributed by atoms with E-state index in [-0.39, 0.29) is 10.8 Å². The fraction of sp³-hybridized carbons (Fsp3) is 0.158. The highest BCUT2D eigenvalue weighted by Gasteiger charge is 2.23. The maximum atomic E-state index is 13.0. The van der Waals surface area contributed by atoms with Gasteiger partial charge in [-0.15, -0.1) is 6.58 Å². The number of hydrogen-bond donors (Lipinski definition) is 0. The molecule has 0 atom stereocenters. The maximum absolute atomic E-state index is 13.0. The Morgan fingerprint density at radius 2 is 2.00 bits per heavy atom. The lowest BCUT2D eigenvalue weighted by Crippen LogP contribution is -2.26. The number of likely N-dealkylation sites (N-methyl/N-ethyl adjacent to an activating group) is 1. The number of halogens is 1. The van der Waals surface area contributed by atoms with E-state index < -0.39 is 10.0 Å². The van der Waals surface area contributed by atoms with E-state index in [1.54, 1.807) is 43.5 Å². The Bertz CT molecular complexity index is 1130. The molecular weight excluding hydrogens is 477 g/mol. The van der Waals surface area contributed by atoms with E-state index in [1.165, 1.54) is 17.3 Å². The van der Waals surface area contributed by atoms with Crippen LogP contribution in [0, 0.1) is 10.5 Å². The number of carbonyl (C=O) groups excluding carboxylic acids is 1. The lowest BCUT2D eigenvalue weighted by atomic mass is 10.2. The van der Waals surface area contributed by atoms with Crippen molar-refractivity contribution in [2.24, 2.45) is 0 Å². The van der Waals surface area contributed by atoms with Crippen LogP contribution < -0.4 is 0 Å². The number of pyridine rings is 1. The minimum atomic E-state index is -3.78. The van der Waals surface area contributed by atoms with E-state index in [4.69, 9.17) is 0 Å². The molecule has 0 spiro atoms. The third-order valence-corrected chi connectivity index (χ3v) is 6.66. The predicted octanol–water partition coefficient (Wildman–Crippen LogP) is 3.44. The molecule has 3 rings (SSSR count). The topological polar surface area (TPSA) is 72.3 Å². The molecule has 0 aliphatic rings. The molecule has 0 aliphatic carbocycles. The van der Waals surface area contributed by atoms with E-state index in [2.05, 4.69) is 34.2 Å². The molecule has 1 amide bonds. The fourth-order valence-electron chi connectivity index (χ4n) is 2.66. The second-order valence-corrected chi connectivity index (χ2v) is 9.14. The van der Waals surface area contributed by atoms with Crippen molar-refractivity contribution in [1.29, 1.82) is 0 Å². The molecule has 0 unspecified atom stereocenters. The maximum Gasteiger partial charge on any atom is 0.269 e. The highest BCUT2D eigenvalue weighted by molar-refractivity contribution is 14.1. The summed E-state index contributed by atoms with van der Waals surface area (Å²) in [7, 11) is -2.11. The molecule has 0 fully saturated rings. The van der Waals surface area contributed by atoms with Crippen molar-refractivity contribution < 1.29 is 13.2 Å². The SMILES string of the molecule is C=CCN(C)C(=O)c1cnc2c(c1)c(I)cn2S(=O)(=O)c1ccc(C)cc1.